The van der Waals surface area contributed by atoms with Crippen molar-refractivity contribution >= 4 is 36.9 Å². The number of hydrogen-bond donors (Lipinski definition) is 1. The van der Waals surface area contributed by atoms with Crippen LogP contribution < -0.4 is 14.2 Å². The number of pyridine rings is 1. The molecule has 6 nitrogen and oxygen atoms in total. The Kier molecular flexibility index (Phi) is 5.98. The molecule has 0 radical (unpaired) electrons. The molecule has 3 aromatic rings. The minimum Gasteiger partial charge on any atom is -0.493 e. The Hall–Kier alpha value is -2.16. The maximum Gasteiger partial charge on any atom is 0.241 e. The minimum absolute atomic E-state index is 0.0937. The minimum atomic E-state index is -3.72. The molecule has 0 aliphatic rings. The van der Waals surface area contributed by atoms with Crippen molar-refractivity contribution in [3.63, 3.8) is 0 Å². The van der Waals surface area contributed by atoms with E-state index in [1.165, 1.54) is 20.3 Å². The molecule has 0 saturated heterocycles. The van der Waals surface area contributed by atoms with Crippen LogP contribution in [0.4, 0.5) is 0 Å². The van der Waals surface area contributed by atoms with Crippen LogP contribution in [-0.4, -0.2) is 34.2 Å². The fraction of sp³-hybridized carbons (Fsp3) is 0.211. The second-order valence-corrected chi connectivity index (χ2v) is 8.37. The van der Waals surface area contributed by atoms with E-state index in [2.05, 4.69) is 25.6 Å². The summed E-state index contributed by atoms with van der Waals surface area (Å²) in [5.41, 5.74) is 1.87. The van der Waals surface area contributed by atoms with E-state index < -0.39 is 10.0 Å². The predicted octanol–water partition coefficient (Wildman–Crippen LogP) is 3.54. The van der Waals surface area contributed by atoms with E-state index in [0.29, 0.717) is 22.4 Å². The number of rotatable bonds is 7. The first kappa shape index (κ1) is 19.6. The number of ether oxygens (including phenoxy) is 2. The van der Waals surface area contributed by atoms with Gasteiger partial charge in [0.2, 0.25) is 10.0 Å². The Bertz CT molecular complexity index is 1070. The number of aromatic nitrogens is 1. The number of benzene rings is 2. The molecule has 0 fully saturated rings. The SMILES string of the molecule is COc1cc(Br)c(S(=O)(=O)NCCc2cccc3cccnc23)cc1OC. The Morgan fingerprint density at radius 1 is 1.07 bits per heavy atom. The summed E-state index contributed by atoms with van der Waals surface area (Å²) in [6.07, 6.45) is 2.26. The molecule has 0 unspecified atom stereocenters. The monoisotopic (exact) mass is 450 g/mol. The van der Waals surface area contributed by atoms with E-state index in [1.807, 2.05) is 30.3 Å². The normalized spacial score (nSPS) is 11.5. The summed E-state index contributed by atoms with van der Waals surface area (Å²) >= 11 is 3.29. The molecule has 1 heterocycles. The van der Waals surface area contributed by atoms with E-state index in [1.54, 1.807) is 12.3 Å². The van der Waals surface area contributed by atoms with E-state index in [0.717, 1.165) is 16.5 Å². The van der Waals surface area contributed by atoms with Crippen molar-refractivity contribution in [3.8, 4) is 11.5 Å². The standard InChI is InChI=1S/C19H19BrN2O4S/c1-25-16-11-15(20)18(12-17(16)26-2)27(23,24)22-10-8-14-6-3-5-13-7-4-9-21-19(13)14/h3-7,9,11-12,22H,8,10H2,1-2H3. The van der Waals surface area contributed by atoms with Gasteiger partial charge < -0.3 is 9.47 Å². The fourth-order valence-corrected chi connectivity index (χ4v) is 4.87. The lowest BCUT2D eigenvalue weighted by Crippen LogP contribution is -2.26. The van der Waals surface area contributed by atoms with Gasteiger partial charge in [0.15, 0.2) is 11.5 Å². The molecule has 0 saturated carbocycles. The number of nitrogens with one attached hydrogen (secondary N) is 1. The molecular formula is C19H19BrN2O4S. The van der Waals surface area contributed by atoms with Crippen molar-refractivity contribution in [2.24, 2.45) is 0 Å². The van der Waals surface area contributed by atoms with Crippen LogP contribution in [0, 0.1) is 0 Å². The van der Waals surface area contributed by atoms with E-state index in [-0.39, 0.29) is 11.4 Å². The van der Waals surface area contributed by atoms with E-state index in [9.17, 15) is 8.42 Å². The summed E-state index contributed by atoms with van der Waals surface area (Å²) in [6, 6.07) is 12.7. The van der Waals surface area contributed by atoms with Crippen molar-refractivity contribution < 1.29 is 17.9 Å². The second kappa shape index (κ2) is 8.24. The van der Waals surface area contributed by atoms with E-state index >= 15 is 0 Å². The Labute approximate surface area is 166 Å². The third kappa shape index (κ3) is 4.23. The first-order chi connectivity index (χ1) is 13.0. The second-order valence-electron chi connectivity index (χ2n) is 5.78. The summed E-state index contributed by atoms with van der Waals surface area (Å²) in [6.45, 7) is 0.249. The smallest absolute Gasteiger partial charge is 0.241 e. The lowest BCUT2D eigenvalue weighted by atomic mass is 10.1. The molecule has 8 heteroatoms. The highest BCUT2D eigenvalue weighted by atomic mass is 79.9. The van der Waals surface area contributed by atoms with E-state index in [4.69, 9.17) is 9.47 Å². The molecule has 0 bridgehead atoms. The molecule has 2 aromatic carbocycles. The maximum atomic E-state index is 12.7. The largest absolute Gasteiger partial charge is 0.493 e. The van der Waals surface area contributed by atoms with Crippen LogP contribution in [0.15, 0.2) is 58.0 Å². The first-order valence-electron chi connectivity index (χ1n) is 8.20. The molecule has 1 aromatic heterocycles. The van der Waals surface area contributed by atoms with Crippen LogP contribution in [-0.2, 0) is 16.4 Å². The number of fused-ring (bicyclic) bond motifs is 1. The van der Waals surface area contributed by atoms with Crippen LogP contribution in [0.3, 0.4) is 0 Å². The number of hydrogen-bond acceptors (Lipinski definition) is 5. The number of halogens is 1. The van der Waals surface area contributed by atoms with Crippen LogP contribution in [0.1, 0.15) is 5.56 Å². The molecule has 142 valence electrons. The molecule has 0 atom stereocenters. The summed E-state index contributed by atoms with van der Waals surface area (Å²) < 4.78 is 38.9. The highest BCUT2D eigenvalue weighted by molar-refractivity contribution is 9.10. The van der Waals surface area contributed by atoms with Crippen molar-refractivity contribution in [2.45, 2.75) is 11.3 Å². The molecule has 0 aliphatic heterocycles. The van der Waals surface area contributed by atoms with Gasteiger partial charge in [-0.15, -0.1) is 0 Å². The van der Waals surface area contributed by atoms with Crippen LogP contribution in [0.2, 0.25) is 0 Å². The zero-order valence-corrected chi connectivity index (χ0v) is 17.3. The molecule has 3 rings (SSSR count). The maximum absolute atomic E-state index is 12.7. The van der Waals surface area contributed by atoms with Gasteiger partial charge in [0.1, 0.15) is 4.90 Å². The predicted molar refractivity (Wildman–Crippen MR) is 108 cm³/mol. The van der Waals surface area contributed by atoms with Gasteiger partial charge in [0.25, 0.3) is 0 Å². The average Bonchev–Trinajstić information content (AvgIpc) is 2.67. The Balaban J connectivity index is 1.79. The molecule has 1 N–H and O–H groups in total. The third-order valence-corrected chi connectivity index (χ3v) is 6.55. The summed E-state index contributed by atoms with van der Waals surface area (Å²) in [4.78, 5) is 4.49. The molecule has 27 heavy (non-hydrogen) atoms. The van der Waals surface area contributed by atoms with Gasteiger partial charge in [0.05, 0.1) is 19.7 Å². The number of para-hydroxylation sites is 1. The highest BCUT2D eigenvalue weighted by Crippen LogP contribution is 2.35. The van der Waals surface area contributed by atoms with Gasteiger partial charge in [-0.25, -0.2) is 13.1 Å². The lowest BCUT2D eigenvalue weighted by Gasteiger charge is -2.13. The number of methoxy groups -OCH3 is 2. The topological polar surface area (TPSA) is 77.5 Å². The van der Waals surface area contributed by atoms with Gasteiger partial charge in [0, 0.05) is 28.7 Å². The molecule has 0 aliphatic carbocycles. The third-order valence-electron chi connectivity index (χ3n) is 4.13. The fourth-order valence-electron chi connectivity index (χ4n) is 2.81. The average molecular weight is 451 g/mol. The molecule has 0 amide bonds. The summed E-state index contributed by atoms with van der Waals surface area (Å²) in [5, 5.41) is 1.03. The zero-order valence-electron chi connectivity index (χ0n) is 14.9. The lowest BCUT2D eigenvalue weighted by molar-refractivity contribution is 0.353. The quantitative estimate of drug-likeness (QED) is 0.595. The Morgan fingerprint density at radius 3 is 2.52 bits per heavy atom. The summed E-state index contributed by atoms with van der Waals surface area (Å²) in [5.74, 6) is 0.796. The van der Waals surface area contributed by atoms with Crippen LogP contribution in [0.5, 0.6) is 11.5 Å². The van der Waals surface area contributed by atoms with Gasteiger partial charge in [-0.2, -0.15) is 0 Å². The van der Waals surface area contributed by atoms with Gasteiger partial charge in [-0.1, -0.05) is 24.3 Å². The van der Waals surface area contributed by atoms with Gasteiger partial charge in [-0.05, 0) is 40.0 Å². The molecule has 0 spiro atoms. The van der Waals surface area contributed by atoms with Crippen molar-refractivity contribution in [1.29, 1.82) is 0 Å². The molecular weight excluding hydrogens is 432 g/mol. The Morgan fingerprint density at radius 2 is 1.78 bits per heavy atom. The summed E-state index contributed by atoms with van der Waals surface area (Å²) in [7, 11) is -0.768. The van der Waals surface area contributed by atoms with Gasteiger partial charge in [-0.3, -0.25) is 4.98 Å². The number of sulfonamides is 1. The van der Waals surface area contributed by atoms with Crippen molar-refractivity contribution in [2.75, 3.05) is 20.8 Å². The zero-order chi connectivity index (χ0) is 19.4. The highest BCUT2D eigenvalue weighted by Gasteiger charge is 2.21. The van der Waals surface area contributed by atoms with Crippen LogP contribution >= 0.6 is 15.9 Å². The van der Waals surface area contributed by atoms with Crippen LogP contribution in [0.25, 0.3) is 10.9 Å². The first-order valence-corrected chi connectivity index (χ1v) is 10.5. The van der Waals surface area contributed by atoms with Crippen molar-refractivity contribution in [3.05, 3.63) is 58.7 Å². The van der Waals surface area contributed by atoms with Crippen molar-refractivity contribution in [1.82, 2.24) is 9.71 Å². The number of nitrogens with zero attached hydrogens (tertiary/aromatic N) is 1. The van der Waals surface area contributed by atoms with Gasteiger partial charge >= 0.3 is 0 Å².